The summed E-state index contributed by atoms with van der Waals surface area (Å²) in [4.78, 5) is 7.26. The SMILES string of the molecule is COc1cc(C)c(S(=O)(=O)NCCc2csc(N3CCCC3)n2)c(C)c1. The van der Waals surface area contributed by atoms with Gasteiger partial charge in [0.05, 0.1) is 17.7 Å². The van der Waals surface area contributed by atoms with Gasteiger partial charge in [-0.3, -0.25) is 0 Å². The lowest BCUT2D eigenvalue weighted by Crippen LogP contribution is -2.27. The first-order valence-electron chi connectivity index (χ1n) is 8.75. The van der Waals surface area contributed by atoms with Crippen LogP contribution in [0.4, 0.5) is 5.13 Å². The first-order valence-corrected chi connectivity index (χ1v) is 11.1. The predicted octanol–water partition coefficient (Wildman–Crippen LogP) is 2.89. The highest BCUT2D eigenvalue weighted by Gasteiger charge is 2.20. The van der Waals surface area contributed by atoms with E-state index in [1.807, 2.05) is 5.38 Å². The largest absolute Gasteiger partial charge is 0.497 e. The summed E-state index contributed by atoms with van der Waals surface area (Å²) in [7, 11) is -1.99. The third-order valence-corrected chi connectivity index (χ3v) is 7.24. The molecule has 0 atom stereocenters. The summed E-state index contributed by atoms with van der Waals surface area (Å²) in [6.45, 7) is 6.03. The van der Waals surface area contributed by atoms with Gasteiger partial charge in [-0.2, -0.15) is 0 Å². The predicted molar refractivity (Wildman–Crippen MR) is 105 cm³/mol. The van der Waals surface area contributed by atoms with Gasteiger partial charge in [0, 0.05) is 31.4 Å². The zero-order chi connectivity index (χ0) is 18.7. The minimum absolute atomic E-state index is 0.328. The lowest BCUT2D eigenvalue weighted by atomic mass is 10.1. The molecule has 2 aromatic rings. The van der Waals surface area contributed by atoms with Crippen molar-refractivity contribution in [2.75, 3.05) is 31.6 Å². The lowest BCUT2D eigenvalue weighted by molar-refractivity contribution is 0.413. The number of nitrogens with one attached hydrogen (secondary N) is 1. The van der Waals surface area contributed by atoms with E-state index in [4.69, 9.17) is 4.74 Å². The van der Waals surface area contributed by atoms with E-state index in [0.717, 1.165) is 23.9 Å². The molecule has 0 unspecified atom stereocenters. The number of aryl methyl sites for hydroxylation is 2. The molecule has 1 aromatic heterocycles. The minimum Gasteiger partial charge on any atom is -0.497 e. The van der Waals surface area contributed by atoms with Crippen LogP contribution in [0, 0.1) is 13.8 Å². The fourth-order valence-corrected chi connectivity index (χ4v) is 5.70. The number of thiazole rings is 1. The molecule has 142 valence electrons. The Labute approximate surface area is 159 Å². The summed E-state index contributed by atoms with van der Waals surface area (Å²) in [6, 6.07) is 3.48. The Balaban J connectivity index is 1.64. The minimum atomic E-state index is -3.57. The maximum Gasteiger partial charge on any atom is 0.241 e. The number of methoxy groups -OCH3 is 1. The van der Waals surface area contributed by atoms with Crippen molar-refractivity contribution >= 4 is 26.5 Å². The molecule has 1 N–H and O–H groups in total. The highest BCUT2D eigenvalue weighted by atomic mass is 32.2. The standard InChI is InChI=1S/C18H25N3O3S2/c1-13-10-16(24-3)11-14(2)17(13)26(22,23)19-7-6-15-12-25-18(20-15)21-8-4-5-9-21/h10-12,19H,4-9H2,1-3H3. The van der Waals surface area contributed by atoms with Gasteiger partial charge in [-0.25, -0.2) is 18.1 Å². The van der Waals surface area contributed by atoms with Crippen LogP contribution >= 0.6 is 11.3 Å². The number of rotatable bonds is 7. The van der Waals surface area contributed by atoms with Gasteiger partial charge in [0.25, 0.3) is 0 Å². The fraction of sp³-hybridized carbons (Fsp3) is 0.500. The normalized spacial score (nSPS) is 14.8. The molecule has 0 aliphatic carbocycles. The van der Waals surface area contributed by atoms with E-state index in [1.54, 1.807) is 44.4 Å². The molecule has 1 fully saturated rings. The molecule has 0 radical (unpaired) electrons. The van der Waals surface area contributed by atoms with Crippen molar-refractivity contribution in [2.24, 2.45) is 0 Å². The highest BCUT2D eigenvalue weighted by molar-refractivity contribution is 7.89. The van der Waals surface area contributed by atoms with Crippen molar-refractivity contribution in [1.29, 1.82) is 0 Å². The Morgan fingerprint density at radius 1 is 1.23 bits per heavy atom. The van der Waals surface area contributed by atoms with E-state index >= 15 is 0 Å². The van der Waals surface area contributed by atoms with Crippen LogP contribution in [0.3, 0.4) is 0 Å². The lowest BCUT2D eigenvalue weighted by Gasteiger charge is -2.13. The van der Waals surface area contributed by atoms with Crippen molar-refractivity contribution in [3.05, 3.63) is 34.3 Å². The van der Waals surface area contributed by atoms with Crippen LogP contribution in [0.1, 0.15) is 29.7 Å². The quantitative estimate of drug-likeness (QED) is 0.780. The molecular weight excluding hydrogens is 370 g/mol. The molecule has 2 heterocycles. The first kappa shape index (κ1) is 19.1. The van der Waals surface area contributed by atoms with Crippen molar-refractivity contribution in [1.82, 2.24) is 9.71 Å². The van der Waals surface area contributed by atoms with Gasteiger partial charge in [0.2, 0.25) is 10.0 Å². The summed E-state index contributed by atoms with van der Waals surface area (Å²) in [6.07, 6.45) is 3.02. The second kappa shape index (κ2) is 7.94. The summed E-state index contributed by atoms with van der Waals surface area (Å²) < 4.78 is 33.3. The van der Waals surface area contributed by atoms with Gasteiger partial charge in [-0.05, 0) is 49.9 Å². The number of sulfonamides is 1. The van der Waals surface area contributed by atoms with Crippen LogP contribution in [0.25, 0.3) is 0 Å². The van der Waals surface area contributed by atoms with E-state index in [-0.39, 0.29) is 0 Å². The molecule has 26 heavy (non-hydrogen) atoms. The summed E-state index contributed by atoms with van der Waals surface area (Å²) in [5.74, 6) is 0.663. The Morgan fingerprint density at radius 2 is 1.88 bits per heavy atom. The van der Waals surface area contributed by atoms with E-state index in [1.165, 1.54) is 12.8 Å². The Morgan fingerprint density at radius 3 is 2.50 bits per heavy atom. The molecule has 8 heteroatoms. The number of anilines is 1. The average molecular weight is 396 g/mol. The number of benzene rings is 1. The van der Waals surface area contributed by atoms with Crippen LogP contribution in [-0.4, -0.2) is 40.1 Å². The van der Waals surface area contributed by atoms with Crippen LogP contribution in [-0.2, 0) is 16.4 Å². The van der Waals surface area contributed by atoms with Crippen molar-refractivity contribution < 1.29 is 13.2 Å². The maximum atomic E-state index is 12.7. The number of hydrogen-bond acceptors (Lipinski definition) is 6. The zero-order valence-corrected chi connectivity index (χ0v) is 17.0. The second-order valence-electron chi connectivity index (χ2n) is 6.55. The van der Waals surface area contributed by atoms with Crippen LogP contribution < -0.4 is 14.4 Å². The Bertz CT molecular complexity index is 849. The molecule has 3 rings (SSSR count). The Kier molecular flexibility index (Phi) is 5.84. The molecule has 6 nitrogen and oxygen atoms in total. The molecule has 0 saturated carbocycles. The van der Waals surface area contributed by atoms with Crippen molar-refractivity contribution in [3.63, 3.8) is 0 Å². The van der Waals surface area contributed by atoms with Crippen molar-refractivity contribution in [2.45, 2.75) is 38.0 Å². The average Bonchev–Trinajstić information content (AvgIpc) is 3.24. The molecule has 0 spiro atoms. The zero-order valence-electron chi connectivity index (χ0n) is 15.4. The monoisotopic (exact) mass is 395 g/mol. The van der Waals surface area contributed by atoms with Gasteiger partial charge in [0.15, 0.2) is 5.13 Å². The fourth-order valence-electron chi connectivity index (χ4n) is 3.30. The van der Waals surface area contributed by atoms with Crippen LogP contribution in [0.15, 0.2) is 22.4 Å². The summed E-state index contributed by atoms with van der Waals surface area (Å²) in [5.41, 5.74) is 2.29. The topological polar surface area (TPSA) is 71.5 Å². The van der Waals surface area contributed by atoms with Gasteiger partial charge in [-0.1, -0.05) is 0 Å². The molecule has 1 saturated heterocycles. The molecule has 1 aromatic carbocycles. The smallest absolute Gasteiger partial charge is 0.241 e. The highest BCUT2D eigenvalue weighted by Crippen LogP contribution is 2.26. The van der Waals surface area contributed by atoms with Crippen LogP contribution in [0.2, 0.25) is 0 Å². The van der Waals surface area contributed by atoms with Gasteiger partial charge in [0.1, 0.15) is 5.75 Å². The number of nitrogens with zero attached hydrogens (tertiary/aromatic N) is 2. The molecule has 1 aliphatic heterocycles. The summed E-state index contributed by atoms with van der Waals surface area (Å²) >= 11 is 1.63. The van der Waals surface area contributed by atoms with Gasteiger partial charge >= 0.3 is 0 Å². The Hall–Kier alpha value is -1.64. The first-order chi connectivity index (χ1) is 12.4. The number of hydrogen-bond donors (Lipinski definition) is 1. The van der Waals surface area contributed by atoms with E-state index < -0.39 is 10.0 Å². The van der Waals surface area contributed by atoms with E-state index in [2.05, 4.69) is 14.6 Å². The molecule has 1 aliphatic rings. The third-order valence-electron chi connectivity index (χ3n) is 4.53. The molecule has 0 amide bonds. The maximum absolute atomic E-state index is 12.7. The third kappa shape index (κ3) is 4.19. The molecule has 0 bridgehead atoms. The number of ether oxygens (including phenoxy) is 1. The molecular formula is C18H25N3O3S2. The van der Waals surface area contributed by atoms with Gasteiger partial charge in [-0.15, -0.1) is 11.3 Å². The van der Waals surface area contributed by atoms with Gasteiger partial charge < -0.3 is 9.64 Å². The number of aromatic nitrogens is 1. The van der Waals surface area contributed by atoms with E-state index in [9.17, 15) is 8.42 Å². The van der Waals surface area contributed by atoms with Crippen molar-refractivity contribution in [3.8, 4) is 5.75 Å². The van der Waals surface area contributed by atoms with E-state index in [0.29, 0.717) is 34.7 Å². The van der Waals surface area contributed by atoms with Crippen LogP contribution in [0.5, 0.6) is 5.75 Å². The summed E-state index contributed by atoms with van der Waals surface area (Å²) in [5, 5.41) is 3.06. The second-order valence-corrected chi connectivity index (χ2v) is 9.09.